The van der Waals surface area contributed by atoms with Gasteiger partial charge in [0, 0.05) is 26.2 Å². The number of hydrogen-bond donors (Lipinski definition) is 0. The van der Waals surface area contributed by atoms with Crippen molar-refractivity contribution in [1.29, 1.82) is 0 Å². The zero-order valence-electron chi connectivity index (χ0n) is 18.1. The summed E-state index contributed by atoms with van der Waals surface area (Å²) in [5.41, 5.74) is 2.70. The number of rotatable bonds is 5. The Morgan fingerprint density at radius 2 is 1.69 bits per heavy atom. The minimum atomic E-state index is -0.158. The van der Waals surface area contributed by atoms with Crippen molar-refractivity contribution in [3.8, 4) is 11.4 Å². The van der Waals surface area contributed by atoms with Crippen molar-refractivity contribution < 1.29 is 14.3 Å². The molecule has 2 heterocycles. The van der Waals surface area contributed by atoms with E-state index in [-0.39, 0.29) is 11.8 Å². The SMILES string of the molecule is COc1cccc(CC(=O)N2CCN(C(=O)c3c(C)nn(-c4ccccc4)c3Cl)CC2)c1. The summed E-state index contributed by atoms with van der Waals surface area (Å²) in [6, 6.07) is 17.0. The number of aromatic nitrogens is 2. The number of carbonyl (C=O) groups is 2. The Bertz CT molecular complexity index is 1120. The molecule has 8 heteroatoms. The smallest absolute Gasteiger partial charge is 0.259 e. The summed E-state index contributed by atoms with van der Waals surface area (Å²) < 4.78 is 6.81. The Morgan fingerprint density at radius 1 is 1.00 bits per heavy atom. The predicted molar refractivity (Wildman–Crippen MR) is 122 cm³/mol. The highest BCUT2D eigenvalue weighted by Crippen LogP contribution is 2.25. The number of para-hydroxylation sites is 1. The first-order chi connectivity index (χ1) is 15.5. The number of hydrogen-bond acceptors (Lipinski definition) is 4. The molecule has 0 bridgehead atoms. The number of ether oxygens (including phenoxy) is 1. The van der Waals surface area contributed by atoms with Gasteiger partial charge in [0.15, 0.2) is 0 Å². The number of nitrogens with zero attached hydrogens (tertiary/aromatic N) is 4. The molecule has 1 aromatic heterocycles. The van der Waals surface area contributed by atoms with Gasteiger partial charge in [-0.25, -0.2) is 4.68 Å². The fourth-order valence-electron chi connectivity index (χ4n) is 3.87. The molecule has 3 aromatic rings. The van der Waals surface area contributed by atoms with Gasteiger partial charge >= 0.3 is 0 Å². The van der Waals surface area contributed by atoms with E-state index >= 15 is 0 Å². The van der Waals surface area contributed by atoms with Crippen LogP contribution in [0, 0.1) is 6.92 Å². The second-order valence-electron chi connectivity index (χ2n) is 7.70. The third kappa shape index (κ3) is 4.48. The van der Waals surface area contributed by atoms with Crippen molar-refractivity contribution in [3.05, 3.63) is 76.6 Å². The number of aryl methyl sites for hydroxylation is 1. The van der Waals surface area contributed by atoms with Crippen LogP contribution in [0.15, 0.2) is 54.6 Å². The fraction of sp³-hybridized carbons (Fsp3) is 0.292. The summed E-state index contributed by atoms with van der Waals surface area (Å²) in [5, 5.41) is 4.76. The second-order valence-corrected chi connectivity index (χ2v) is 8.06. The molecule has 1 saturated heterocycles. The summed E-state index contributed by atoms with van der Waals surface area (Å²) in [6.07, 6.45) is 0.305. The third-order valence-electron chi connectivity index (χ3n) is 5.63. The number of piperazine rings is 1. The molecule has 0 unspecified atom stereocenters. The average molecular weight is 453 g/mol. The zero-order valence-corrected chi connectivity index (χ0v) is 18.9. The molecule has 0 atom stereocenters. The van der Waals surface area contributed by atoms with Crippen molar-refractivity contribution in [3.63, 3.8) is 0 Å². The van der Waals surface area contributed by atoms with E-state index in [0.29, 0.717) is 49.0 Å². The van der Waals surface area contributed by atoms with Gasteiger partial charge in [0.25, 0.3) is 5.91 Å². The number of carbonyl (C=O) groups excluding carboxylic acids is 2. The summed E-state index contributed by atoms with van der Waals surface area (Å²) in [7, 11) is 1.61. The van der Waals surface area contributed by atoms with Gasteiger partial charge in [-0.2, -0.15) is 5.10 Å². The third-order valence-corrected chi connectivity index (χ3v) is 5.98. The first-order valence-corrected chi connectivity index (χ1v) is 10.9. The Morgan fingerprint density at radius 3 is 2.38 bits per heavy atom. The van der Waals surface area contributed by atoms with Gasteiger partial charge in [-0.15, -0.1) is 0 Å². The lowest BCUT2D eigenvalue weighted by molar-refractivity contribution is -0.131. The van der Waals surface area contributed by atoms with Crippen molar-refractivity contribution >= 4 is 23.4 Å². The quantitative estimate of drug-likeness (QED) is 0.595. The second kappa shape index (κ2) is 9.44. The van der Waals surface area contributed by atoms with Gasteiger partial charge in [-0.3, -0.25) is 9.59 Å². The van der Waals surface area contributed by atoms with E-state index in [0.717, 1.165) is 17.0 Å². The van der Waals surface area contributed by atoms with Crippen LogP contribution in [-0.2, 0) is 11.2 Å². The van der Waals surface area contributed by atoms with E-state index in [1.165, 1.54) is 0 Å². The lowest BCUT2D eigenvalue weighted by Gasteiger charge is -2.35. The van der Waals surface area contributed by atoms with E-state index in [9.17, 15) is 9.59 Å². The molecule has 0 N–H and O–H groups in total. The largest absolute Gasteiger partial charge is 0.497 e. The Kier molecular flexibility index (Phi) is 6.46. The fourth-order valence-corrected chi connectivity index (χ4v) is 4.22. The molecule has 2 aromatic carbocycles. The Balaban J connectivity index is 1.41. The highest BCUT2D eigenvalue weighted by Gasteiger charge is 2.29. The molecule has 0 aliphatic carbocycles. The van der Waals surface area contributed by atoms with Gasteiger partial charge in [-0.1, -0.05) is 41.9 Å². The molecule has 0 saturated carbocycles. The maximum Gasteiger partial charge on any atom is 0.259 e. The lowest BCUT2D eigenvalue weighted by Crippen LogP contribution is -2.51. The van der Waals surface area contributed by atoms with Crippen LogP contribution in [-0.4, -0.2) is 64.7 Å². The molecule has 0 radical (unpaired) electrons. The summed E-state index contributed by atoms with van der Waals surface area (Å²) in [4.78, 5) is 29.5. The highest BCUT2D eigenvalue weighted by atomic mass is 35.5. The standard InChI is InChI=1S/C24H25ClN4O3/c1-17-22(23(25)29(26-17)19-8-4-3-5-9-19)24(31)28-13-11-27(12-14-28)21(30)16-18-7-6-10-20(15-18)32-2/h3-10,15H,11-14,16H2,1-2H3. The minimum absolute atomic E-state index is 0.0384. The molecule has 0 spiro atoms. The number of benzene rings is 2. The van der Waals surface area contributed by atoms with E-state index < -0.39 is 0 Å². The molecular weight excluding hydrogens is 428 g/mol. The topological polar surface area (TPSA) is 67.7 Å². The summed E-state index contributed by atoms with van der Waals surface area (Å²) >= 11 is 6.55. The molecule has 4 rings (SSSR count). The first kappa shape index (κ1) is 21.9. The van der Waals surface area contributed by atoms with Crippen LogP contribution in [0.3, 0.4) is 0 Å². The Labute approximate surface area is 192 Å². The van der Waals surface area contributed by atoms with Gasteiger partial charge in [0.05, 0.1) is 30.5 Å². The van der Waals surface area contributed by atoms with Gasteiger partial charge in [0.2, 0.25) is 5.91 Å². The zero-order chi connectivity index (χ0) is 22.7. The van der Waals surface area contributed by atoms with Crippen molar-refractivity contribution in [2.24, 2.45) is 0 Å². The number of amides is 2. The van der Waals surface area contributed by atoms with Crippen LogP contribution in [0.25, 0.3) is 5.69 Å². The lowest BCUT2D eigenvalue weighted by atomic mass is 10.1. The number of methoxy groups -OCH3 is 1. The van der Waals surface area contributed by atoms with Crippen molar-refractivity contribution in [2.45, 2.75) is 13.3 Å². The number of halogens is 1. The van der Waals surface area contributed by atoms with Crippen LogP contribution >= 0.6 is 11.6 Å². The summed E-state index contributed by atoms with van der Waals surface area (Å²) in [5.74, 6) is 0.611. The van der Waals surface area contributed by atoms with E-state index in [4.69, 9.17) is 16.3 Å². The minimum Gasteiger partial charge on any atom is -0.497 e. The molecule has 32 heavy (non-hydrogen) atoms. The van der Waals surface area contributed by atoms with E-state index in [1.807, 2.05) is 54.6 Å². The molecule has 2 amide bonds. The van der Waals surface area contributed by atoms with Gasteiger partial charge in [0.1, 0.15) is 10.9 Å². The van der Waals surface area contributed by atoms with E-state index in [2.05, 4.69) is 5.10 Å². The van der Waals surface area contributed by atoms with Crippen LogP contribution in [0.2, 0.25) is 5.15 Å². The molecule has 1 aliphatic rings. The van der Waals surface area contributed by atoms with Crippen molar-refractivity contribution in [2.75, 3.05) is 33.3 Å². The normalized spacial score (nSPS) is 13.8. The molecular formula is C24H25ClN4O3. The predicted octanol–water partition coefficient (Wildman–Crippen LogP) is 3.37. The molecule has 7 nitrogen and oxygen atoms in total. The van der Waals surface area contributed by atoms with Crippen LogP contribution < -0.4 is 4.74 Å². The van der Waals surface area contributed by atoms with Crippen molar-refractivity contribution in [1.82, 2.24) is 19.6 Å². The average Bonchev–Trinajstić information content (AvgIpc) is 3.13. The summed E-state index contributed by atoms with van der Waals surface area (Å²) in [6.45, 7) is 3.66. The van der Waals surface area contributed by atoms with Crippen LogP contribution in [0.4, 0.5) is 0 Å². The maximum absolute atomic E-state index is 13.2. The van der Waals surface area contributed by atoms with Crippen LogP contribution in [0.1, 0.15) is 21.6 Å². The first-order valence-electron chi connectivity index (χ1n) is 10.5. The van der Waals surface area contributed by atoms with Gasteiger partial charge in [-0.05, 0) is 36.8 Å². The van der Waals surface area contributed by atoms with E-state index in [1.54, 1.807) is 28.5 Å². The molecule has 1 aliphatic heterocycles. The monoisotopic (exact) mass is 452 g/mol. The van der Waals surface area contributed by atoms with Crippen LogP contribution in [0.5, 0.6) is 5.75 Å². The molecule has 166 valence electrons. The molecule has 1 fully saturated rings. The van der Waals surface area contributed by atoms with Gasteiger partial charge < -0.3 is 14.5 Å². The Hall–Kier alpha value is -3.32. The maximum atomic E-state index is 13.2. The highest BCUT2D eigenvalue weighted by molar-refractivity contribution is 6.33.